The summed E-state index contributed by atoms with van der Waals surface area (Å²) >= 11 is 1.35. The van der Waals surface area contributed by atoms with Crippen molar-refractivity contribution < 1.29 is 9.90 Å². The molecule has 0 unspecified atom stereocenters. The SMILES string of the molecule is O=C(O)[C@@H]1CSCN1[O-]. The molecule has 9 heavy (non-hydrogen) atoms. The minimum absolute atomic E-state index is 0.289. The van der Waals surface area contributed by atoms with Crippen molar-refractivity contribution in [3.05, 3.63) is 5.21 Å². The number of rotatable bonds is 1. The number of aliphatic carboxylic acids is 1. The quantitative estimate of drug-likeness (QED) is 0.564. The highest BCUT2D eigenvalue weighted by Gasteiger charge is 2.23. The topological polar surface area (TPSA) is 63.6 Å². The third-order valence-electron chi connectivity index (χ3n) is 1.13. The minimum Gasteiger partial charge on any atom is -0.784 e. The molecule has 0 aliphatic carbocycles. The summed E-state index contributed by atoms with van der Waals surface area (Å²) in [6, 6.07) is -0.810. The van der Waals surface area contributed by atoms with Crippen LogP contribution in [0.4, 0.5) is 0 Å². The molecule has 1 saturated heterocycles. The monoisotopic (exact) mass is 148 g/mol. The maximum Gasteiger partial charge on any atom is 0.320 e. The van der Waals surface area contributed by atoms with Gasteiger partial charge in [0.2, 0.25) is 0 Å². The smallest absolute Gasteiger partial charge is 0.320 e. The number of hydrogen-bond acceptors (Lipinski definition) is 4. The zero-order valence-electron chi connectivity index (χ0n) is 4.61. The van der Waals surface area contributed by atoms with Crippen molar-refractivity contribution in [1.29, 1.82) is 0 Å². The van der Waals surface area contributed by atoms with Gasteiger partial charge in [0.15, 0.2) is 0 Å². The predicted molar refractivity (Wildman–Crippen MR) is 34.0 cm³/mol. The van der Waals surface area contributed by atoms with E-state index in [0.717, 1.165) is 0 Å². The lowest BCUT2D eigenvalue weighted by molar-refractivity contribution is -0.140. The van der Waals surface area contributed by atoms with Gasteiger partial charge in [-0.25, -0.2) is 0 Å². The van der Waals surface area contributed by atoms with Crippen molar-refractivity contribution in [2.45, 2.75) is 6.04 Å². The van der Waals surface area contributed by atoms with Crippen LogP contribution in [-0.2, 0) is 4.79 Å². The van der Waals surface area contributed by atoms with Gasteiger partial charge in [-0.05, 0) is 0 Å². The molecule has 0 aromatic heterocycles. The van der Waals surface area contributed by atoms with Gasteiger partial charge in [-0.2, -0.15) is 0 Å². The molecule has 1 rings (SSSR count). The molecule has 1 aliphatic heterocycles. The second-order valence-electron chi connectivity index (χ2n) is 1.77. The molecule has 1 atom stereocenters. The number of nitrogens with zero attached hydrogens (tertiary/aromatic N) is 1. The molecule has 1 N–H and O–H groups in total. The fraction of sp³-hybridized carbons (Fsp3) is 0.750. The van der Waals surface area contributed by atoms with Crippen molar-refractivity contribution >= 4 is 17.7 Å². The number of carboxylic acids is 1. The summed E-state index contributed by atoms with van der Waals surface area (Å²) < 4.78 is 0. The summed E-state index contributed by atoms with van der Waals surface area (Å²) in [4.78, 5) is 10.2. The van der Waals surface area contributed by atoms with Crippen molar-refractivity contribution in [3.8, 4) is 0 Å². The Labute approximate surface area is 56.4 Å². The second-order valence-corrected chi connectivity index (χ2v) is 2.77. The van der Waals surface area contributed by atoms with E-state index in [0.29, 0.717) is 10.8 Å². The van der Waals surface area contributed by atoms with Gasteiger partial charge in [-0.15, -0.1) is 11.8 Å². The van der Waals surface area contributed by atoms with E-state index >= 15 is 0 Å². The molecule has 5 heteroatoms. The summed E-state index contributed by atoms with van der Waals surface area (Å²) in [7, 11) is 0. The predicted octanol–water partition coefficient (Wildman–Crippen LogP) is -0.0563. The first-order valence-corrected chi connectivity index (χ1v) is 3.61. The van der Waals surface area contributed by atoms with Crippen LogP contribution in [0.5, 0.6) is 0 Å². The Morgan fingerprint density at radius 2 is 2.56 bits per heavy atom. The first-order valence-electron chi connectivity index (χ1n) is 2.46. The molecule has 0 aromatic rings. The first-order chi connectivity index (χ1) is 4.22. The van der Waals surface area contributed by atoms with Gasteiger partial charge < -0.3 is 15.4 Å². The zero-order chi connectivity index (χ0) is 6.85. The van der Waals surface area contributed by atoms with Crippen LogP contribution in [0.3, 0.4) is 0 Å². The van der Waals surface area contributed by atoms with Gasteiger partial charge in [-0.1, -0.05) is 0 Å². The molecule has 0 saturated carbocycles. The van der Waals surface area contributed by atoms with E-state index in [2.05, 4.69) is 0 Å². The third-order valence-corrected chi connectivity index (χ3v) is 2.12. The van der Waals surface area contributed by atoms with Crippen LogP contribution >= 0.6 is 11.8 Å². The number of hydrogen-bond donors (Lipinski definition) is 1. The van der Waals surface area contributed by atoms with Crippen LogP contribution in [0.2, 0.25) is 0 Å². The van der Waals surface area contributed by atoms with E-state index in [1.54, 1.807) is 0 Å². The third kappa shape index (κ3) is 1.35. The van der Waals surface area contributed by atoms with Gasteiger partial charge in [0.05, 0.1) is 0 Å². The average Bonchev–Trinajstić information content (AvgIpc) is 2.13. The highest BCUT2D eigenvalue weighted by molar-refractivity contribution is 7.99. The Morgan fingerprint density at radius 1 is 1.89 bits per heavy atom. The Bertz CT molecular complexity index is 129. The lowest BCUT2D eigenvalue weighted by Crippen LogP contribution is -2.33. The molecular weight excluding hydrogens is 142 g/mol. The Hall–Kier alpha value is -0.260. The van der Waals surface area contributed by atoms with E-state index in [9.17, 15) is 10.0 Å². The van der Waals surface area contributed by atoms with Gasteiger partial charge in [-0.3, -0.25) is 4.79 Å². The van der Waals surface area contributed by atoms with Crippen LogP contribution in [0.1, 0.15) is 0 Å². The van der Waals surface area contributed by atoms with E-state index in [1.165, 1.54) is 11.8 Å². The maximum absolute atomic E-state index is 10.5. The lowest BCUT2D eigenvalue weighted by Gasteiger charge is -2.24. The van der Waals surface area contributed by atoms with Crippen molar-refractivity contribution in [2.24, 2.45) is 0 Å². The van der Waals surface area contributed by atoms with Crippen molar-refractivity contribution in [1.82, 2.24) is 5.06 Å². The molecule has 1 aliphatic rings. The van der Waals surface area contributed by atoms with Gasteiger partial charge >= 0.3 is 5.97 Å². The number of thioether (sulfide) groups is 1. The zero-order valence-corrected chi connectivity index (χ0v) is 5.43. The Balaban J connectivity index is 2.49. The second kappa shape index (κ2) is 2.55. The van der Waals surface area contributed by atoms with Gasteiger partial charge in [0.25, 0.3) is 0 Å². The summed E-state index contributed by atoms with van der Waals surface area (Å²) in [5, 5.41) is 19.4. The molecule has 1 fully saturated rings. The van der Waals surface area contributed by atoms with Gasteiger partial charge in [0.1, 0.15) is 6.04 Å². The average molecular weight is 148 g/mol. The molecule has 4 nitrogen and oxygen atoms in total. The summed E-state index contributed by atoms with van der Waals surface area (Å²) in [5.74, 6) is -0.314. The summed E-state index contributed by atoms with van der Waals surface area (Å²) in [5.41, 5.74) is 0. The summed E-state index contributed by atoms with van der Waals surface area (Å²) in [6.45, 7) is 0. The Morgan fingerprint density at radius 3 is 2.78 bits per heavy atom. The first kappa shape index (κ1) is 6.85. The van der Waals surface area contributed by atoms with E-state index in [4.69, 9.17) is 5.11 Å². The molecule has 0 amide bonds. The molecule has 0 spiro atoms. The minimum atomic E-state index is -1.02. The van der Waals surface area contributed by atoms with Crippen molar-refractivity contribution in [3.63, 3.8) is 0 Å². The molecule has 0 bridgehead atoms. The Kier molecular flexibility index (Phi) is 1.94. The lowest BCUT2D eigenvalue weighted by atomic mass is 10.3. The van der Waals surface area contributed by atoms with Crippen molar-refractivity contribution in [2.75, 3.05) is 11.6 Å². The van der Waals surface area contributed by atoms with E-state index in [1.807, 2.05) is 0 Å². The number of carbonyl (C=O) groups is 1. The fourth-order valence-corrected chi connectivity index (χ4v) is 1.62. The molecule has 0 aromatic carbocycles. The highest BCUT2D eigenvalue weighted by Crippen LogP contribution is 2.18. The normalized spacial score (nSPS) is 28.8. The molecule has 52 valence electrons. The maximum atomic E-state index is 10.5. The van der Waals surface area contributed by atoms with E-state index < -0.39 is 12.0 Å². The molecular formula is C4H6NO3S-. The number of carboxylic acid groups (broad SMARTS) is 1. The van der Waals surface area contributed by atoms with Crippen LogP contribution in [0, 0.1) is 5.21 Å². The fourth-order valence-electron chi connectivity index (χ4n) is 0.622. The summed E-state index contributed by atoms with van der Waals surface area (Å²) in [6.07, 6.45) is 0. The van der Waals surface area contributed by atoms with Crippen LogP contribution in [0.15, 0.2) is 0 Å². The molecule has 0 radical (unpaired) electrons. The van der Waals surface area contributed by atoms with Crippen LogP contribution < -0.4 is 0 Å². The van der Waals surface area contributed by atoms with Crippen LogP contribution in [0.25, 0.3) is 0 Å². The van der Waals surface area contributed by atoms with Crippen LogP contribution in [-0.4, -0.2) is 33.8 Å². The highest BCUT2D eigenvalue weighted by atomic mass is 32.2. The standard InChI is InChI=1S/C4H6NO3S/c6-4(7)3-1-9-2-5(3)8/h3H,1-2H2,(H,6,7)/q-1/t3-/m0/s1. The van der Waals surface area contributed by atoms with Gasteiger partial charge in [0, 0.05) is 11.6 Å². The van der Waals surface area contributed by atoms with E-state index in [-0.39, 0.29) is 5.88 Å². The number of hydroxylamine groups is 2. The molecule has 1 heterocycles. The largest absolute Gasteiger partial charge is 0.784 e.